The summed E-state index contributed by atoms with van der Waals surface area (Å²) >= 11 is 1.69. The largest absolute Gasteiger partial charge is 0.437 e. The first-order valence-electron chi connectivity index (χ1n) is 35.1. The Morgan fingerprint density at radius 3 is 1.39 bits per heavy atom. The number of hydrogen-bond donors (Lipinski definition) is 0. The van der Waals surface area contributed by atoms with Crippen LogP contribution in [0.15, 0.2) is 164 Å². The molecular formula is C80H85N16O8S+. The lowest BCUT2D eigenvalue weighted by atomic mass is 10.1. The second-order valence-electron chi connectivity index (χ2n) is 27.8. The van der Waals surface area contributed by atoms with Gasteiger partial charge in [-0.3, -0.25) is 0 Å². The maximum Gasteiger partial charge on any atom is 0.319 e. The standard InChI is InChI=1S/C17H20N4O.2C16H17N3O2.C16H17N3OS.C15H14N3O2/c1-10-6-7-13-14-17(20(5)11(2)18-14)22-16(13)15(10)21-9-8-19(4)12(21)3;1-9-5-6-12-13-16(20-10(2)17-13)21-15(12)14(9)19-8-7-18(4)11(19)3;1-9-5-6-12-14(21-16-15(12)20-10(2)17-16)13(9)19-8-7-18(4)11(19)3;1-9-5-6-12-13-16(20-10(2)17-13)21-15(12)14(9)19-8-7-18(4)11(19)3;1-9-7-11-13(20-15-14(11)16-10(2)19-15)8-12(9)18-6-4-5-17(18)3/h6-9,12H,1-5H3;3*5-8,11H,1-4H3;4-8H,1-3H3/q;;;;+1/t12-;3*11-;/m0000./s1. The predicted molar refractivity (Wildman–Crippen MR) is 414 cm³/mol. The molecule has 15 heterocycles. The number of rotatable bonds is 5. The number of imidazole rings is 1. The highest BCUT2D eigenvalue weighted by Gasteiger charge is 2.32. The number of nitrogens with zero attached hydrogens (tertiary/aromatic N) is 16. The van der Waals surface area contributed by atoms with Crippen LogP contribution in [0.2, 0.25) is 0 Å². The highest BCUT2D eigenvalue weighted by Crippen LogP contribution is 2.46. The SMILES string of the molecule is Cc1ccc2c(oc3c2nc(C)n3C)c1N1C=CN(C)[C@@H]1C.Cc1nc2c(o1)oc1c(N3C=CN(C)[C@@H]3C)c(C)ccc12.Cc1nc2c(o1)oc1cc(-n3ccc[n+]3C)c(C)cc12.Cc1nc2c(o1)sc1c(N3C=CN(C)[C@@H]3C)c(C)ccc12.Cc1nc2oc3c(N4C=CN(C)[C@@H]4C)c(C)ccc3c2o1. The summed E-state index contributed by atoms with van der Waals surface area (Å²) in [6.07, 6.45) is 21.9. The fourth-order valence-electron chi connectivity index (χ4n) is 14.5. The minimum absolute atomic E-state index is 0.250. The lowest BCUT2D eigenvalue weighted by Gasteiger charge is -2.28. The third-order valence-corrected chi connectivity index (χ3v) is 22.0. The summed E-state index contributed by atoms with van der Waals surface area (Å²) in [7, 11) is 12.3. The van der Waals surface area contributed by atoms with E-state index < -0.39 is 0 Å². The van der Waals surface area contributed by atoms with Crippen molar-refractivity contribution in [3.8, 4) is 5.69 Å². The summed E-state index contributed by atoms with van der Waals surface area (Å²) in [6.45, 7) is 28.6. The van der Waals surface area contributed by atoms with E-state index >= 15 is 0 Å². The van der Waals surface area contributed by atoms with Gasteiger partial charge in [0.05, 0.1) is 55.2 Å². The van der Waals surface area contributed by atoms with Crippen LogP contribution in [0.1, 0.15) is 84.9 Å². The van der Waals surface area contributed by atoms with Gasteiger partial charge in [0.15, 0.2) is 64.6 Å². The Kier molecular flexibility index (Phi) is 16.4. The molecule has 4 aliphatic rings. The van der Waals surface area contributed by atoms with Gasteiger partial charge >= 0.3 is 11.6 Å². The van der Waals surface area contributed by atoms with Crippen molar-refractivity contribution < 1.29 is 40.0 Å². The quantitative estimate of drug-likeness (QED) is 0.147. The molecule has 16 aromatic rings. The summed E-state index contributed by atoms with van der Waals surface area (Å²) in [6, 6.07) is 23.0. The zero-order valence-electron chi connectivity index (χ0n) is 62.8. The van der Waals surface area contributed by atoms with Crippen LogP contribution in [-0.4, -0.2) is 107 Å². The minimum atomic E-state index is 0.250. The number of anilines is 4. The van der Waals surface area contributed by atoms with Crippen LogP contribution < -0.4 is 24.3 Å². The normalized spacial score (nSPS) is 17.2. The smallest absolute Gasteiger partial charge is 0.319 e. The fourth-order valence-corrected chi connectivity index (χ4v) is 15.7. The number of benzene rings is 5. The maximum absolute atomic E-state index is 6.22. The van der Waals surface area contributed by atoms with Crippen molar-refractivity contribution in [2.45, 2.75) is 122 Å². The van der Waals surface area contributed by atoms with Gasteiger partial charge in [-0.15, -0.1) is 9.36 Å². The third kappa shape index (κ3) is 11.2. The van der Waals surface area contributed by atoms with E-state index in [-0.39, 0.29) is 18.5 Å². The van der Waals surface area contributed by atoms with E-state index in [9.17, 15) is 0 Å². The summed E-state index contributed by atoms with van der Waals surface area (Å²) in [5.41, 5.74) is 20.6. The van der Waals surface area contributed by atoms with Gasteiger partial charge < -0.3 is 79.1 Å². The molecule has 4 atom stereocenters. The van der Waals surface area contributed by atoms with E-state index in [1.807, 2.05) is 88.6 Å². The Labute approximate surface area is 609 Å². The van der Waals surface area contributed by atoms with Crippen LogP contribution in [0, 0.1) is 69.2 Å². The molecule has 20 rings (SSSR count). The lowest BCUT2D eigenvalue weighted by Crippen LogP contribution is -2.36. The summed E-state index contributed by atoms with van der Waals surface area (Å²) in [4.78, 5) is 40.9. The van der Waals surface area contributed by atoms with Gasteiger partial charge in [-0.2, -0.15) is 4.98 Å². The fraction of sp³-hybridized carbons (Fsp3) is 0.300. The molecule has 4 aliphatic heterocycles. The van der Waals surface area contributed by atoms with Crippen LogP contribution in [0.4, 0.5) is 22.7 Å². The Bertz CT molecular complexity index is 5880. The molecule has 24 nitrogen and oxygen atoms in total. The second kappa shape index (κ2) is 25.5. The first-order chi connectivity index (χ1) is 50.3. The Morgan fingerprint density at radius 2 is 0.857 bits per heavy atom. The third-order valence-electron chi connectivity index (χ3n) is 20.9. The zero-order chi connectivity index (χ0) is 73.6. The molecule has 0 saturated heterocycles. The van der Waals surface area contributed by atoms with Gasteiger partial charge in [-0.25, -0.2) is 19.9 Å². The Hall–Kier alpha value is -11.9. The van der Waals surface area contributed by atoms with Crippen molar-refractivity contribution in [2.75, 3.05) is 47.8 Å². The van der Waals surface area contributed by atoms with Gasteiger partial charge in [-0.1, -0.05) is 41.7 Å². The van der Waals surface area contributed by atoms with Crippen molar-refractivity contribution in [2.24, 2.45) is 14.1 Å². The Morgan fingerprint density at radius 1 is 0.400 bits per heavy atom. The van der Waals surface area contributed by atoms with Crippen molar-refractivity contribution >= 4 is 144 Å². The Balaban J connectivity index is 0.000000101. The molecule has 11 aromatic heterocycles. The molecule has 105 heavy (non-hydrogen) atoms. The number of fused-ring (bicyclic) bond motifs is 15. The summed E-state index contributed by atoms with van der Waals surface area (Å²) in [5.74, 6) is 4.56. The molecule has 0 unspecified atom stereocenters. The van der Waals surface area contributed by atoms with Gasteiger partial charge in [0.2, 0.25) is 16.2 Å². The molecule has 0 amide bonds. The zero-order valence-corrected chi connectivity index (χ0v) is 63.6. The van der Waals surface area contributed by atoms with Crippen LogP contribution in [0.5, 0.6) is 0 Å². The molecule has 0 radical (unpaired) electrons. The molecule has 0 saturated carbocycles. The van der Waals surface area contributed by atoms with E-state index in [1.165, 1.54) is 38.0 Å². The number of aromatic nitrogens is 8. The summed E-state index contributed by atoms with van der Waals surface area (Å²) in [5, 5.41) is 5.23. The molecule has 538 valence electrons. The van der Waals surface area contributed by atoms with Gasteiger partial charge in [-0.05, 0) is 121 Å². The van der Waals surface area contributed by atoms with Crippen LogP contribution in [-0.2, 0) is 14.1 Å². The minimum Gasteiger partial charge on any atom is -0.437 e. The lowest BCUT2D eigenvalue weighted by molar-refractivity contribution is -0.744. The molecule has 0 spiro atoms. The van der Waals surface area contributed by atoms with Gasteiger partial charge in [0.25, 0.3) is 5.71 Å². The van der Waals surface area contributed by atoms with Crippen molar-refractivity contribution in [3.05, 3.63) is 186 Å². The van der Waals surface area contributed by atoms with E-state index in [1.54, 1.807) is 11.3 Å². The first kappa shape index (κ1) is 67.6. The van der Waals surface area contributed by atoms with Gasteiger partial charge in [0, 0.05) is 130 Å². The molecule has 0 fully saturated rings. The second-order valence-corrected chi connectivity index (χ2v) is 28.8. The van der Waals surface area contributed by atoms with Crippen LogP contribution in [0.25, 0.3) is 115 Å². The molecule has 0 N–H and O–H groups in total. The number of oxazole rings is 4. The first-order valence-corrected chi connectivity index (χ1v) is 35.9. The molecule has 0 aliphatic carbocycles. The van der Waals surface area contributed by atoms with Crippen LogP contribution in [0.3, 0.4) is 0 Å². The predicted octanol–water partition coefficient (Wildman–Crippen LogP) is 18.1. The van der Waals surface area contributed by atoms with Gasteiger partial charge in [0.1, 0.15) is 52.8 Å². The molecule has 5 aromatic carbocycles. The highest BCUT2D eigenvalue weighted by atomic mass is 32.1. The highest BCUT2D eigenvalue weighted by molar-refractivity contribution is 7.25. The molecule has 0 bridgehead atoms. The van der Waals surface area contributed by atoms with E-state index in [0.717, 1.165) is 122 Å². The van der Waals surface area contributed by atoms with Crippen molar-refractivity contribution in [3.63, 3.8) is 0 Å². The van der Waals surface area contributed by atoms with E-state index in [4.69, 9.17) is 35.3 Å². The van der Waals surface area contributed by atoms with E-state index in [0.29, 0.717) is 41.1 Å². The van der Waals surface area contributed by atoms with Crippen molar-refractivity contribution in [1.82, 2.24) is 53.8 Å². The maximum atomic E-state index is 6.22. The topological polar surface area (TPSA) is 209 Å². The average Bonchev–Trinajstić information content (AvgIpc) is 1.61. The monoisotopic (exact) mass is 1430 g/mol. The van der Waals surface area contributed by atoms with Crippen molar-refractivity contribution in [1.29, 1.82) is 0 Å². The number of furan rings is 4. The molecule has 25 heteroatoms. The van der Waals surface area contributed by atoms with Crippen LogP contribution >= 0.6 is 11.3 Å². The van der Waals surface area contributed by atoms with E-state index in [2.05, 4.69) is 257 Å². The summed E-state index contributed by atoms with van der Waals surface area (Å²) < 4.78 is 53.6. The number of aryl methyl sites for hydroxylation is 12. The number of thiophene rings is 1. The number of hydrogen-bond acceptors (Lipinski definition) is 22. The average molecular weight is 1430 g/mol. The molecular weight excluding hydrogens is 1350 g/mol.